The van der Waals surface area contributed by atoms with Crippen molar-refractivity contribution in [3.05, 3.63) is 158 Å². The number of hydrogen-bond acceptors (Lipinski definition) is 6. The van der Waals surface area contributed by atoms with Crippen LogP contribution in [0, 0.1) is 0 Å². The molecule has 79 heavy (non-hydrogen) atoms. The Morgan fingerprint density at radius 2 is 0.532 bits per heavy atom. The fourth-order valence-electron chi connectivity index (χ4n) is 8.32. The van der Waals surface area contributed by atoms with E-state index in [1.54, 1.807) is 6.08 Å². The van der Waals surface area contributed by atoms with Gasteiger partial charge in [-0.25, -0.2) is 0 Å². The lowest BCUT2D eigenvalue weighted by atomic mass is 10.0. The summed E-state index contributed by atoms with van der Waals surface area (Å²) < 4.78 is 16.8. The topological polar surface area (TPSA) is 78.9 Å². The molecule has 0 bridgehead atoms. The minimum atomic E-state index is -0.845. The zero-order valence-electron chi connectivity index (χ0n) is 50.8. The van der Waals surface area contributed by atoms with E-state index in [1.165, 1.54) is 83.5 Å². The van der Waals surface area contributed by atoms with Crippen LogP contribution < -0.4 is 0 Å². The Morgan fingerprint density at radius 3 is 0.835 bits per heavy atom. The van der Waals surface area contributed by atoms with Crippen LogP contribution in [0.25, 0.3) is 0 Å². The summed E-state index contributed by atoms with van der Waals surface area (Å²) in [4.78, 5) is 38.2. The molecule has 0 rings (SSSR count). The molecule has 444 valence electrons. The van der Waals surface area contributed by atoms with Gasteiger partial charge < -0.3 is 14.2 Å². The molecule has 6 nitrogen and oxygen atoms in total. The minimum Gasteiger partial charge on any atom is -0.462 e. The molecule has 0 aliphatic heterocycles. The number of carbonyl (C=O) groups is 3. The van der Waals surface area contributed by atoms with Crippen molar-refractivity contribution in [2.75, 3.05) is 13.2 Å². The average molecular weight is 1090 g/mol. The van der Waals surface area contributed by atoms with Crippen molar-refractivity contribution in [1.82, 2.24) is 0 Å². The van der Waals surface area contributed by atoms with Crippen LogP contribution in [0.3, 0.4) is 0 Å². The van der Waals surface area contributed by atoms with Crippen LogP contribution >= 0.6 is 0 Å². The Bertz CT molecular complexity index is 1780. The molecule has 0 aromatic heterocycles. The summed E-state index contributed by atoms with van der Waals surface area (Å²) in [6.45, 7) is 6.24. The summed E-state index contributed by atoms with van der Waals surface area (Å²) in [6.07, 6.45) is 95.8. The maximum Gasteiger partial charge on any atom is 0.310 e. The minimum absolute atomic E-state index is 0.0883. The number of allylic oxidation sites excluding steroid dienone is 25. The second-order valence-electron chi connectivity index (χ2n) is 20.6. The zero-order chi connectivity index (χ0) is 57.1. The molecule has 6 heteroatoms. The number of ether oxygens (including phenoxy) is 3. The summed E-state index contributed by atoms with van der Waals surface area (Å²) in [5, 5.41) is 0. The predicted octanol–water partition coefficient (Wildman–Crippen LogP) is 22.1. The van der Waals surface area contributed by atoms with E-state index in [0.717, 1.165) is 135 Å². The van der Waals surface area contributed by atoms with E-state index in [2.05, 4.69) is 167 Å². The van der Waals surface area contributed by atoms with Crippen LogP contribution in [0.5, 0.6) is 0 Å². The molecule has 0 aliphatic rings. The van der Waals surface area contributed by atoms with E-state index in [4.69, 9.17) is 14.2 Å². The number of rotatable bonds is 56. The molecule has 0 fully saturated rings. The third-order valence-electron chi connectivity index (χ3n) is 13.0. The monoisotopic (exact) mass is 1090 g/mol. The second kappa shape index (κ2) is 65.5. The van der Waals surface area contributed by atoms with Crippen molar-refractivity contribution in [2.24, 2.45) is 0 Å². The Balaban J connectivity index is 4.27. The van der Waals surface area contributed by atoms with Crippen LogP contribution in [-0.2, 0) is 28.6 Å². The van der Waals surface area contributed by atoms with Gasteiger partial charge in [0.25, 0.3) is 0 Å². The third-order valence-corrected chi connectivity index (χ3v) is 13.0. The first-order chi connectivity index (χ1) is 39.0. The van der Waals surface area contributed by atoms with E-state index < -0.39 is 12.1 Å². The van der Waals surface area contributed by atoms with Crippen LogP contribution in [0.1, 0.15) is 265 Å². The summed E-state index contributed by atoms with van der Waals surface area (Å²) in [7, 11) is 0. The van der Waals surface area contributed by atoms with Crippen molar-refractivity contribution < 1.29 is 28.6 Å². The molecule has 0 amide bonds. The largest absolute Gasteiger partial charge is 0.462 e. The van der Waals surface area contributed by atoms with Crippen molar-refractivity contribution in [3.63, 3.8) is 0 Å². The van der Waals surface area contributed by atoms with Crippen LogP contribution in [0.4, 0.5) is 0 Å². The van der Waals surface area contributed by atoms with Crippen LogP contribution in [0.15, 0.2) is 158 Å². The van der Waals surface area contributed by atoms with E-state index in [9.17, 15) is 14.4 Å². The highest BCUT2D eigenvalue weighted by atomic mass is 16.6. The molecule has 0 spiro atoms. The van der Waals surface area contributed by atoms with Gasteiger partial charge in [0.2, 0.25) is 0 Å². The third kappa shape index (κ3) is 63.7. The smallest absolute Gasteiger partial charge is 0.310 e. The molecule has 1 unspecified atom stereocenters. The van der Waals surface area contributed by atoms with E-state index in [-0.39, 0.29) is 31.6 Å². The molecule has 0 aromatic carbocycles. The van der Waals surface area contributed by atoms with Crippen molar-refractivity contribution in [1.29, 1.82) is 0 Å². The fourth-order valence-corrected chi connectivity index (χ4v) is 8.32. The van der Waals surface area contributed by atoms with Gasteiger partial charge in [-0.2, -0.15) is 0 Å². The van der Waals surface area contributed by atoms with E-state index >= 15 is 0 Å². The Hall–Kier alpha value is -4.97. The molecular weight excluding hydrogens is 973 g/mol. The molecule has 0 saturated carbocycles. The van der Waals surface area contributed by atoms with Crippen molar-refractivity contribution in [2.45, 2.75) is 271 Å². The first-order valence-electron chi connectivity index (χ1n) is 32.0. The van der Waals surface area contributed by atoms with Crippen LogP contribution in [0.2, 0.25) is 0 Å². The highest BCUT2D eigenvalue weighted by Gasteiger charge is 2.19. The van der Waals surface area contributed by atoms with Gasteiger partial charge in [-0.05, 0) is 122 Å². The van der Waals surface area contributed by atoms with Gasteiger partial charge in [0, 0.05) is 12.8 Å². The van der Waals surface area contributed by atoms with Gasteiger partial charge in [0.05, 0.1) is 6.42 Å². The van der Waals surface area contributed by atoms with Gasteiger partial charge in [0.1, 0.15) is 13.2 Å². The SMILES string of the molecule is CC/C=C\C/C=C\C/C=C\C/C=C\C/C=C\C/C=C\CCCCCCCCCCCCCCCCC(=O)OCC(COC(=O)CCCCCCC/C=C\C/C=C\CCC)OC(=O)C/C=C\C/C=C\C/C=C\C/C=C\C/C=C\CC. The summed E-state index contributed by atoms with van der Waals surface area (Å²) in [6, 6.07) is 0. The van der Waals surface area contributed by atoms with Gasteiger partial charge in [-0.3, -0.25) is 14.4 Å². The van der Waals surface area contributed by atoms with E-state index in [1.807, 2.05) is 6.08 Å². The maximum atomic E-state index is 12.8. The second-order valence-corrected chi connectivity index (χ2v) is 20.6. The van der Waals surface area contributed by atoms with Gasteiger partial charge in [-0.15, -0.1) is 0 Å². The number of hydrogen-bond donors (Lipinski definition) is 0. The molecule has 0 aromatic rings. The Kier molecular flexibility index (Phi) is 61.4. The first kappa shape index (κ1) is 74.0. The quantitative estimate of drug-likeness (QED) is 0.0261. The Morgan fingerprint density at radius 1 is 0.278 bits per heavy atom. The lowest BCUT2D eigenvalue weighted by molar-refractivity contribution is -0.166. The predicted molar refractivity (Wildman–Crippen MR) is 343 cm³/mol. The Labute approximate surface area is 486 Å². The van der Waals surface area contributed by atoms with Crippen molar-refractivity contribution in [3.8, 4) is 0 Å². The van der Waals surface area contributed by atoms with Gasteiger partial charge in [0.15, 0.2) is 6.10 Å². The van der Waals surface area contributed by atoms with Crippen molar-refractivity contribution >= 4 is 17.9 Å². The van der Waals surface area contributed by atoms with Crippen LogP contribution in [-0.4, -0.2) is 37.2 Å². The molecule has 0 heterocycles. The lowest BCUT2D eigenvalue weighted by Crippen LogP contribution is -2.30. The maximum absolute atomic E-state index is 12.8. The lowest BCUT2D eigenvalue weighted by Gasteiger charge is -2.18. The summed E-state index contributed by atoms with van der Waals surface area (Å²) >= 11 is 0. The highest BCUT2D eigenvalue weighted by Crippen LogP contribution is 2.15. The molecule has 1 atom stereocenters. The fraction of sp³-hybridized carbons (Fsp3) is 0.603. The normalized spacial score (nSPS) is 13.2. The summed E-state index contributed by atoms with van der Waals surface area (Å²) in [5.74, 6) is -1.08. The molecular formula is C73H116O6. The highest BCUT2D eigenvalue weighted by molar-refractivity contribution is 5.72. The number of unbranched alkanes of at least 4 members (excludes halogenated alkanes) is 20. The van der Waals surface area contributed by atoms with Gasteiger partial charge in [-0.1, -0.05) is 281 Å². The zero-order valence-corrected chi connectivity index (χ0v) is 50.8. The van der Waals surface area contributed by atoms with Gasteiger partial charge >= 0.3 is 17.9 Å². The standard InChI is InChI=1S/C73H116O6/c1-4-7-10-13-16-19-22-25-27-28-29-30-31-32-33-34-35-36-37-38-39-40-41-42-43-44-46-48-51-54-57-60-63-66-72(75)78-69-70(68-77-71(74)65-62-59-56-53-50-47-24-21-18-15-12-9-6-3)79-73(76)67-64-61-58-55-52-49-45-26-23-20-17-14-11-8-5-2/h7-8,10-12,15-17,19-21,24-27,29-30,32-33,35-36,45,52,55,61,64,70H,4-6,9,13-14,18,22-23,28,31,34,37-44,46-51,53-54,56-60,62-63,65-69H2,1-3H3/b10-7-,11-8-,15-12-,19-16-,20-17-,24-21-,27-25-,30-29-,33-32-,36-35-,45-26-,55-52-,64-61-. The first-order valence-corrected chi connectivity index (χ1v) is 32.0. The number of carbonyl (C=O) groups excluding carboxylic acids is 3. The van der Waals surface area contributed by atoms with E-state index in [0.29, 0.717) is 19.3 Å². The number of esters is 3. The molecule has 0 radical (unpaired) electrons. The average Bonchev–Trinajstić information content (AvgIpc) is 3.45. The molecule has 0 aliphatic carbocycles. The molecule has 0 N–H and O–H groups in total. The molecule has 0 saturated heterocycles. The summed E-state index contributed by atoms with van der Waals surface area (Å²) in [5.41, 5.74) is 0.